The summed E-state index contributed by atoms with van der Waals surface area (Å²) in [5.74, 6) is 1.21. The molecule has 0 fully saturated rings. The van der Waals surface area contributed by atoms with Gasteiger partial charge < -0.3 is 19.5 Å². The van der Waals surface area contributed by atoms with E-state index in [4.69, 9.17) is 25.8 Å². The Labute approximate surface area is 159 Å². The van der Waals surface area contributed by atoms with Crippen LogP contribution in [-0.4, -0.2) is 27.2 Å². The zero-order valence-corrected chi connectivity index (χ0v) is 16.3. The maximum atomic E-state index is 12.2. The van der Waals surface area contributed by atoms with Gasteiger partial charge in [-0.05, 0) is 24.3 Å². The number of rotatable bonds is 6. The van der Waals surface area contributed by atoms with Crippen molar-refractivity contribution < 1.29 is 19.0 Å². The minimum atomic E-state index is -0.329. The predicted octanol–water partition coefficient (Wildman–Crippen LogP) is 4.78. The molecule has 0 radical (unpaired) electrons. The van der Waals surface area contributed by atoms with Gasteiger partial charge in [0, 0.05) is 28.2 Å². The fourth-order valence-corrected chi connectivity index (χ4v) is 2.74. The number of nitrogens with one attached hydrogen (secondary N) is 1. The summed E-state index contributed by atoms with van der Waals surface area (Å²) in [6.07, 6.45) is 3.07. The van der Waals surface area contributed by atoms with Crippen molar-refractivity contribution in [3.05, 3.63) is 51.5 Å². The van der Waals surface area contributed by atoms with Crippen LogP contribution in [0.15, 0.2) is 40.9 Å². The molecular weight excluding hydrogens is 410 g/mol. The van der Waals surface area contributed by atoms with Gasteiger partial charge >= 0.3 is 0 Å². The van der Waals surface area contributed by atoms with Gasteiger partial charge in [-0.25, -0.2) is 0 Å². The van der Waals surface area contributed by atoms with Crippen molar-refractivity contribution in [2.75, 3.05) is 26.6 Å². The number of methoxy groups -OCH3 is 3. The van der Waals surface area contributed by atoms with Crippen molar-refractivity contribution in [2.24, 2.45) is 0 Å². The molecule has 0 spiro atoms. The number of halogens is 2. The fraction of sp³-hybridized carbons (Fsp3) is 0.167. The van der Waals surface area contributed by atoms with Crippen LogP contribution in [-0.2, 0) is 4.79 Å². The van der Waals surface area contributed by atoms with Crippen molar-refractivity contribution in [2.45, 2.75) is 0 Å². The zero-order chi connectivity index (χ0) is 18.4. The third kappa shape index (κ3) is 4.90. The molecule has 1 amide bonds. The van der Waals surface area contributed by atoms with Crippen LogP contribution >= 0.6 is 27.5 Å². The van der Waals surface area contributed by atoms with E-state index in [9.17, 15) is 4.79 Å². The largest absolute Gasteiger partial charge is 0.496 e. The van der Waals surface area contributed by atoms with Gasteiger partial charge in [0.05, 0.1) is 32.0 Å². The van der Waals surface area contributed by atoms with Crippen LogP contribution in [0.25, 0.3) is 6.08 Å². The lowest BCUT2D eigenvalue weighted by Gasteiger charge is -2.12. The van der Waals surface area contributed by atoms with E-state index in [2.05, 4.69) is 21.2 Å². The molecule has 25 heavy (non-hydrogen) atoms. The van der Waals surface area contributed by atoms with Crippen LogP contribution in [0.5, 0.6) is 17.2 Å². The minimum Gasteiger partial charge on any atom is -0.496 e. The molecule has 2 rings (SSSR count). The number of carbonyl (C=O) groups is 1. The maximum absolute atomic E-state index is 12.2. The lowest BCUT2D eigenvalue weighted by molar-refractivity contribution is -0.111. The van der Waals surface area contributed by atoms with Crippen molar-refractivity contribution >= 4 is 45.2 Å². The fourth-order valence-electron chi connectivity index (χ4n) is 2.13. The van der Waals surface area contributed by atoms with Gasteiger partial charge in [-0.1, -0.05) is 27.5 Å². The third-order valence-corrected chi connectivity index (χ3v) is 4.13. The van der Waals surface area contributed by atoms with Crippen LogP contribution in [0.1, 0.15) is 5.56 Å². The Hall–Kier alpha value is -2.18. The molecule has 0 heterocycles. The molecule has 0 saturated heterocycles. The monoisotopic (exact) mass is 425 g/mol. The van der Waals surface area contributed by atoms with Crippen LogP contribution in [0, 0.1) is 0 Å². The topological polar surface area (TPSA) is 56.8 Å². The van der Waals surface area contributed by atoms with Gasteiger partial charge in [0.2, 0.25) is 5.91 Å². The first-order chi connectivity index (χ1) is 12.0. The number of hydrogen-bond donors (Lipinski definition) is 1. The van der Waals surface area contributed by atoms with Gasteiger partial charge in [-0.15, -0.1) is 0 Å². The summed E-state index contributed by atoms with van der Waals surface area (Å²) in [5.41, 5.74) is 1.23. The number of amides is 1. The molecule has 0 saturated carbocycles. The van der Waals surface area contributed by atoms with Crippen LogP contribution in [0.3, 0.4) is 0 Å². The highest BCUT2D eigenvalue weighted by molar-refractivity contribution is 9.10. The van der Waals surface area contributed by atoms with E-state index in [0.29, 0.717) is 28.0 Å². The Morgan fingerprint density at radius 3 is 2.36 bits per heavy atom. The first kappa shape index (κ1) is 19.1. The standard InChI is InChI=1S/C18H17BrClNO4/c1-23-15-6-5-12(19)8-11(15)4-7-18(22)21-14-10-16(24-2)13(20)9-17(14)25-3/h4-10H,1-3H3,(H,21,22). The second-order valence-electron chi connectivity index (χ2n) is 4.90. The lowest BCUT2D eigenvalue weighted by atomic mass is 10.2. The van der Waals surface area contributed by atoms with Crippen LogP contribution in [0.4, 0.5) is 5.69 Å². The first-order valence-electron chi connectivity index (χ1n) is 7.22. The van der Waals surface area contributed by atoms with Crippen molar-refractivity contribution in [3.8, 4) is 17.2 Å². The normalized spacial score (nSPS) is 10.6. The lowest BCUT2D eigenvalue weighted by Crippen LogP contribution is -2.09. The molecule has 0 aliphatic carbocycles. The van der Waals surface area contributed by atoms with Crippen molar-refractivity contribution in [3.63, 3.8) is 0 Å². The maximum Gasteiger partial charge on any atom is 0.248 e. The zero-order valence-electron chi connectivity index (χ0n) is 13.9. The molecule has 7 heteroatoms. The van der Waals surface area contributed by atoms with E-state index in [0.717, 1.165) is 10.0 Å². The van der Waals surface area contributed by atoms with Gasteiger partial charge in [-0.2, -0.15) is 0 Å². The van der Waals surface area contributed by atoms with E-state index < -0.39 is 0 Å². The number of ether oxygens (including phenoxy) is 3. The van der Waals surface area contributed by atoms with E-state index in [1.165, 1.54) is 20.3 Å². The Kier molecular flexibility index (Phi) is 6.73. The molecule has 2 aromatic carbocycles. The Morgan fingerprint density at radius 1 is 1.04 bits per heavy atom. The summed E-state index contributed by atoms with van der Waals surface area (Å²) in [4.78, 5) is 12.2. The highest BCUT2D eigenvalue weighted by Crippen LogP contribution is 2.35. The molecule has 0 unspecified atom stereocenters. The summed E-state index contributed by atoms with van der Waals surface area (Å²) >= 11 is 9.45. The highest BCUT2D eigenvalue weighted by Gasteiger charge is 2.11. The average molecular weight is 427 g/mol. The molecule has 5 nitrogen and oxygen atoms in total. The summed E-state index contributed by atoms with van der Waals surface area (Å²) in [7, 11) is 4.57. The summed E-state index contributed by atoms with van der Waals surface area (Å²) in [6, 6.07) is 8.72. The average Bonchev–Trinajstić information content (AvgIpc) is 2.61. The van der Waals surface area contributed by atoms with E-state index in [1.54, 1.807) is 25.3 Å². The Morgan fingerprint density at radius 2 is 1.72 bits per heavy atom. The molecular formula is C18H17BrClNO4. The molecule has 132 valence electrons. The molecule has 0 atom stereocenters. The van der Waals surface area contributed by atoms with Gasteiger partial charge in [-0.3, -0.25) is 4.79 Å². The van der Waals surface area contributed by atoms with Gasteiger partial charge in [0.25, 0.3) is 0 Å². The number of carbonyl (C=O) groups excluding carboxylic acids is 1. The molecule has 0 aliphatic rings. The SMILES string of the molecule is COc1cc(NC(=O)C=Cc2cc(Br)ccc2OC)c(OC)cc1Cl. The predicted molar refractivity (Wildman–Crippen MR) is 103 cm³/mol. The molecule has 2 aromatic rings. The second kappa shape index (κ2) is 8.78. The van der Waals surface area contributed by atoms with E-state index in [1.807, 2.05) is 18.2 Å². The molecule has 0 aliphatic heterocycles. The van der Waals surface area contributed by atoms with E-state index in [-0.39, 0.29) is 5.91 Å². The minimum absolute atomic E-state index is 0.329. The van der Waals surface area contributed by atoms with Crippen molar-refractivity contribution in [1.29, 1.82) is 0 Å². The summed E-state index contributed by atoms with van der Waals surface area (Å²) in [5, 5.41) is 3.14. The number of anilines is 1. The van der Waals surface area contributed by atoms with Gasteiger partial charge in [0.1, 0.15) is 17.2 Å². The van der Waals surface area contributed by atoms with Crippen molar-refractivity contribution in [1.82, 2.24) is 0 Å². The van der Waals surface area contributed by atoms with Gasteiger partial charge in [0.15, 0.2) is 0 Å². The summed E-state index contributed by atoms with van der Waals surface area (Å²) in [6.45, 7) is 0. The Balaban J connectivity index is 2.22. The number of hydrogen-bond acceptors (Lipinski definition) is 4. The summed E-state index contributed by atoms with van der Waals surface area (Å²) < 4.78 is 16.6. The third-order valence-electron chi connectivity index (χ3n) is 3.34. The van der Waals surface area contributed by atoms with Crippen LogP contribution in [0.2, 0.25) is 5.02 Å². The number of benzene rings is 2. The molecule has 1 N–H and O–H groups in total. The smallest absolute Gasteiger partial charge is 0.248 e. The highest BCUT2D eigenvalue weighted by atomic mass is 79.9. The Bertz CT molecular complexity index is 808. The quantitative estimate of drug-likeness (QED) is 0.675. The second-order valence-corrected chi connectivity index (χ2v) is 6.22. The molecule has 0 bridgehead atoms. The molecule has 0 aromatic heterocycles. The van der Waals surface area contributed by atoms with Crippen LogP contribution < -0.4 is 19.5 Å². The van der Waals surface area contributed by atoms with E-state index >= 15 is 0 Å². The first-order valence-corrected chi connectivity index (χ1v) is 8.39.